The van der Waals surface area contributed by atoms with Crippen LogP contribution in [0.5, 0.6) is 0 Å². The smallest absolute Gasteiger partial charge is 0.220 e. The second-order valence-corrected chi connectivity index (χ2v) is 8.32. The summed E-state index contributed by atoms with van der Waals surface area (Å²) in [6.45, 7) is 1.86. The Morgan fingerprint density at radius 3 is 2.90 bits per heavy atom. The van der Waals surface area contributed by atoms with Crippen LogP contribution in [-0.4, -0.2) is 20.4 Å². The zero-order valence-corrected chi connectivity index (χ0v) is 17.0. The lowest BCUT2D eigenvalue weighted by molar-refractivity contribution is -0.121. The average molecular weight is 413 g/mol. The van der Waals surface area contributed by atoms with Crippen LogP contribution in [0.4, 0.5) is 4.39 Å². The Bertz CT molecular complexity index is 1120. The van der Waals surface area contributed by atoms with E-state index in [2.05, 4.69) is 14.9 Å². The summed E-state index contributed by atoms with van der Waals surface area (Å²) in [7, 11) is 0. The van der Waals surface area contributed by atoms with Gasteiger partial charge in [0.1, 0.15) is 11.6 Å². The molecule has 0 saturated heterocycles. The van der Waals surface area contributed by atoms with E-state index in [1.165, 1.54) is 11.6 Å². The fourth-order valence-corrected chi connectivity index (χ4v) is 4.50. The van der Waals surface area contributed by atoms with Gasteiger partial charge in [-0.15, -0.1) is 0 Å². The fourth-order valence-electron chi connectivity index (χ4n) is 4.34. The molecule has 0 bridgehead atoms. The van der Waals surface area contributed by atoms with E-state index < -0.39 is 5.82 Å². The Morgan fingerprint density at radius 2 is 2.14 bits per heavy atom. The normalized spacial score (nSPS) is 18.7. The molecule has 1 saturated carbocycles. The molecule has 0 radical (unpaired) electrons. The number of nitrogens with one attached hydrogen (secondary N) is 1. The molecule has 1 atom stereocenters. The van der Waals surface area contributed by atoms with Gasteiger partial charge >= 0.3 is 0 Å². The van der Waals surface area contributed by atoms with Gasteiger partial charge in [-0.1, -0.05) is 18.5 Å². The second-order valence-electron chi connectivity index (χ2n) is 7.91. The van der Waals surface area contributed by atoms with Crippen molar-refractivity contribution in [2.75, 3.05) is 0 Å². The van der Waals surface area contributed by atoms with Crippen molar-refractivity contribution in [2.24, 2.45) is 0 Å². The highest BCUT2D eigenvalue weighted by Crippen LogP contribution is 2.44. The number of rotatable bonds is 4. The van der Waals surface area contributed by atoms with E-state index in [1.54, 1.807) is 6.07 Å². The molecule has 1 fully saturated rings. The largest absolute Gasteiger partial charge is 0.349 e. The molecule has 3 aromatic rings. The van der Waals surface area contributed by atoms with Crippen LogP contribution >= 0.6 is 11.6 Å². The zero-order valence-electron chi connectivity index (χ0n) is 16.2. The Kier molecular flexibility index (Phi) is 4.54. The Labute approximate surface area is 173 Å². The van der Waals surface area contributed by atoms with Crippen molar-refractivity contribution < 1.29 is 9.18 Å². The molecule has 1 aromatic carbocycles. The standard InChI is InChI=1S/C22H22ClFN4O/c1-2-21(29)26-18-5-3-4-13-14(18)10-25-11-15(13)22-27-19-9-17(24)16(23)8-20(19)28(22)12-6-7-12/h8-12,18H,2-7H2,1H3,(H,26,29). The number of fused-ring (bicyclic) bond motifs is 2. The number of benzene rings is 1. The first-order chi connectivity index (χ1) is 14.1. The minimum absolute atomic E-state index is 0.0238. The zero-order chi connectivity index (χ0) is 20.1. The number of carbonyl (C=O) groups is 1. The number of halogens is 2. The molecule has 7 heteroatoms. The Balaban J connectivity index is 1.67. The summed E-state index contributed by atoms with van der Waals surface area (Å²) in [6, 6.07) is 3.41. The number of pyridine rings is 1. The van der Waals surface area contributed by atoms with Crippen LogP contribution < -0.4 is 5.32 Å². The van der Waals surface area contributed by atoms with Crippen molar-refractivity contribution in [3.05, 3.63) is 46.5 Å². The van der Waals surface area contributed by atoms with E-state index in [0.717, 1.165) is 54.6 Å². The summed E-state index contributed by atoms with van der Waals surface area (Å²) >= 11 is 6.07. The van der Waals surface area contributed by atoms with E-state index in [-0.39, 0.29) is 17.0 Å². The van der Waals surface area contributed by atoms with Gasteiger partial charge in [-0.25, -0.2) is 9.37 Å². The first-order valence-corrected chi connectivity index (χ1v) is 10.6. The first kappa shape index (κ1) is 18.6. The Hall–Kier alpha value is -2.47. The topological polar surface area (TPSA) is 59.8 Å². The van der Waals surface area contributed by atoms with Crippen molar-refractivity contribution in [1.29, 1.82) is 0 Å². The molecule has 29 heavy (non-hydrogen) atoms. The van der Waals surface area contributed by atoms with Crippen LogP contribution in [0, 0.1) is 5.82 Å². The number of nitrogens with zero attached hydrogens (tertiary/aromatic N) is 3. The monoisotopic (exact) mass is 412 g/mol. The van der Waals surface area contributed by atoms with Gasteiger partial charge < -0.3 is 9.88 Å². The summed E-state index contributed by atoms with van der Waals surface area (Å²) in [5.74, 6) is 0.404. The van der Waals surface area contributed by atoms with Crippen LogP contribution in [0.3, 0.4) is 0 Å². The van der Waals surface area contributed by atoms with Gasteiger partial charge in [-0.05, 0) is 49.3 Å². The third-order valence-electron chi connectivity index (χ3n) is 5.93. The molecule has 1 unspecified atom stereocenters. The Morgan fingerprint density at radius 1 is 1.31 bits per heavy atom. The lowest BCUT2D eigenvalue weighted by atomic mass is 9.86. The van der Waals surface area contributed by atoms with Crippen LogP contribution in [0.2, 0.25) is 5.02 Å². The van der Waals surface area contributed by atoms with Gasteiger partial charge in [0, 0.05) is 36.5 Å². The molecule has 1 amide bonds. The summed E-state index contributed by atoms with van der Waals surface area (Å²) in [5, 5.41) is 3.23. The predicted octanol–water partition coefficient (Wildman–Crippen LogP) is 5.13. The van der Waals surface area contributed by atoms with E-state index in [0.29, 0.717) is 18.0 Å². The summed E-state index contributed by atoms with van der Waals surface area (Å²) in [5.41, 5.74) is 4.68. The second kappa shape index (κ2) is 7.10. The molecule has 0 spiro atoms. The maximum atomic E-state index is 14.1. The van der Waals surface area contributed by atoms with Crippen LogP contribution in [-0.2, 0) is 11.2 Å². The molecule has 2 aliphatic carbocycles. The van der Waals surface area contributed by atoms with Crippen molar-refractivity contribution in [3.8, 4) is 11.4 Å². The predicted molar refractivity (Wildman–Crippen MR) is 110 cm³/mol. The minimum atomic E-state index is -0.457. The van der Waals surface area contributed by atoms with E-state index in [1.807, 2.05) is 19.3 Å². The number of hydrogen-bond acceptors (Lipinski definition) is 3. The molecule has 2 aromatic heterocycles. The van der Waals surface area contributed by atoms with Crippen molar-refractivity contribution in [2.45, 2.75) is 57.5 Å². The highest BCUT2D eigenvalue weighted by Gasteiger charge is 2.32. The van der Waals surface area contributed by atoms with E-state index in [4.69, 9.17) is 16.6 Å². The number of amides is 1. The molecule has 1 N–H and O–H groups in total. The van der Waals surface area contributed by atoms with Gasteiger partial charge in [-0.3, -0.25) is 9.78 Å². The molecular weight excluding hydrogens is 391 g/mol. The third-order valence-corrected chi connectivity index (χ3v) is 6.22. The minimum Gasteiger partial charge on any atom is -0.349 e. The van der Waals surface area contributed by atoms with E-state index in [9.17, 15) is 9.18 Å². The molecular formula is C22H22ClFN4O. The third kappa shape index (κ3) is 3.19. The SMILES string of the molecule is CCC(=O)NC1CCCc2c(-c3nc4cc(F)c(Cl)cc4n3C3CC3)cncc21. The lowest BCUT2D eigenvalue weighted by Crippen LogP contribution is -2.30. The number of hydrogen-bond donors (Lipinski definition) is 1. The molecule has 2 heterocycles. The van der Waals surface area contributed by atoms with E-state index >= 15 is 0 Å². The molecule has 5 nitrogen and oxygen atoms in total. The van der Waals surface area contributed by atoms with Gasteiger partial charge in [-0.2, -0.15) is 0 Å². The average Bonchev–Trinajstić information content (AvgIpc) is 3.50. The highest BCUT2D eigenvalue weighted by molar-refractivity contribution is 6.31. The van der Waals surface area contributed by atoms with Crippen molar-refractivity contribution in [3.63, 3.8) is 0 Å². The molecule has 5 rings (SSSR count). The van der Waals surface area contributed by atoms with Gasteiger partial charge in [0.2, 0.25) is 5.91 Å². The lowest BCUT2D eigenvalue weighted by Gasteiger charge is -2.27. The van der Waals surface area contributed by atoms with Crippen molar-refractivity contribution in [1.82, 2.24) is 19.9 Å². The van der Waals surface area contributed by atoms with Crippen LogP contribution in [0.1, 0.15) is 62.2 Å². The quantitative estimate of drug-likeness (QED) is 0.646. The van der Waals surface area contributed by atoms with Gasteiger partial charge in [0.05, 0.1) is 22.1 Å². The molecule has 0 aliphatic heterocycles. The van der Waals surface area contributed by atoms with Gasteiger partial charge in [0.25, 0.3) is 0 Å². The van der Waals surface area contributed by atoms with Crippen LogP contribution in [0.15, 0.2) is 24.5 Å². The maximum absolute atomic E-state index is 14.1. The summed E-state index contributed by atoms with van der Waals surface area (Å²) < 4.78 is 16.2. The highest BCUT2D eigenvalue weighted by atomic mass is 35.5. The van der Waals surface area contributed by atoms with Crippen LogP contribution in [0.25, 0.3) is 22.4 Å². The number of imidazole rings is 1. The number of carbonyl (C=O) groups excluding carboxylic acids is 1. The summed E-state index contributed by atoms with van der Waals surface area (Å²) in [4.78, 5) is 21.3. The fraction of sp³-hybridized carbons (Fsp3) is 0.409. The first-order valence-electron chi connectivity index (χ1n) is 10.2. The van der Waals surface area contributed by atoms with Gasteiger partial charge in [0.15, 0.2) is 0 Å². The summed E-state index contributed by atoms with van der Waals surface area (Å²) in [6.07, 6.45) is 9.13. The maximum Gasteiger partial charge on any atom is 0.220 e. The van der Waals surface area contributed by atoms with Crippen molar-refractivity contribution >= 4 is 28.5 Å². The molecule has 150 valence electrons. The number of aromatic nitrogens is 3. The molecule has 2 aliphatic rings.